The van der Waals surface area contributed by atoms with Crippen LogP contribution in [0.2, 0.25) is 0 Å². The number of carbonyl (C=O) groups excluding carboxylic acids is 2. The molecule has 0 radical (unpaired) electrons. The molecule has 0 spiro atoms. The van der Waals surface area contributed by atoms with Gasteiger partial charge in [0.25, 0.3) is 0 Å². The molecule has 114 valence electrons. The largest absolute Gasteiger partial charge is 0.396 e. The van der Waals surface area contributed by atoms with Gasteiger partial charge in [-0.3, -0.25) is 4.79 Å². The molecule has 0 bridgehead atoms. The van der Waals surface area contributed by atoms with Crippen molar-refractivity contribution in [1.29, 1.82) is 0 Å². The third-order valence-corrected chi connectivity index (χ3v) is 5.25. The number of hydrogen-bond acceptors (Lipinski definition) is 4. The normalized spacial score (nSPS) is 27.9. The molecule has 0 aliphatic carbocycles. The van der Waals surface area contributed by atoms with E-state index in [2.05, 4.69) is 16.0 Å². The number of carbonyl (C=O) groups is 2. The number of thioether (sulfide) groups is 1. The quantitative estimate of drug-likeness (QED) is 0.381. The molecule has 2 aliphatic rings. The standard InChI is InChI=1S/C13H23N3O3S/c17-7-3-6-14-11(18)5-2-1-4-10-12-9(8-20-10)15-13(19)16-12/h9-10,12,17H,1-8H2,(H,14,18)(H2,15,16,19)/t9-,10?,12-/m0/s1. The van der Waals surface area contributed by atoms with Gasteiger partial charge in [-0.05, 0) is 19.3 Å². The van der Waals surface area contributed by atoms with E-state index in [4.69, 9.17) is 5.11 Å². The second-order valence-electron chi connectivity index (χ2n) is 5.29. The third-order valence-electron chi connectivity index (χ3n) is 3.74. The minimum Gasteiger partial charge on any atom is -0.396 e. The number of unbranched alkanes of at least 4 members (excludes halogenated alkanes) is 1. The molecule has 3 amide bonds. The van der Waals surface area contributed by atoms with Crippen LogP contribution in [0.3, 0.4) is 0 Å². The average molecular weight is 301 g/mol. The van der Waals surface area contributed by atoms with Crippen molar-refractivity contribution < 1.29 is 14.7 Å². The van der Waals surface area contributed by atoms with Crippen LogP contribution in [-0.4, -0.2) is 53.3 Å². The minimum atomic E-state index is -0.0476. The Labute approximate surface area is 123 Å². The summed E-state index contributed by atoms with van der Waals surface area (Å²) in [7, 11) is 0. The van der Waals surface area contributed by atoms with E-state index in [0.717, 1.165) is 25.0 Å². The summed E-state index contributed by atoms with van der Waals surface area (Å²) in [6.45, 7) is 0.663. The number of hydrogen-bond donors (Lipinski definition) is 4. The molecule has 2 heterocycles. The third kappa shape index (κ3) is 4.28. The molecule has 2 aliphatic heterocycles. The molecule has 7 heteroatoms. The van der Waals surface area contributed by atoms with Crippen LogP contribution in [0.5, 0.6) is 0 Å². The maximum Gasteiger partial charge on any atom is 0.315 e. The van der Waals surface area contributed by atoms with Gasteiger partial charge in [0.2, 0.25) is 5.91 Å². The zero-order chi connectivity index (χ0) is 14.4. The molecule has 20 heavy (non-hydrogen) atoms. The van der Waals surface area contributed by atoms with Crippen LogP contribution in [-0.2, 0) is 4.79 Å². The molecular weight excluding hydrogens is 278 g/mol. The van der Waals surface area contributed by atoms with Crippen LogP contribution in [0.1, 0.15) is 32.1 Å². The minimum absolute atomic E-state index is 0.0476. The Morgan fingerprint density at radius 1 is 1.35 bits per heavy atom. The van der Waals surface area contributed by atoms with Crippen molar-refractivity contribution in [1.82, 2.24) is 16.0 Å². The molecule has 3 atom stereocenters. The first-order chi connectivity index (χ1) is 9.70. The van der Waals surface area contributed by atoms with E-state index in [1.165, 1.54) is 0 Å². The molecule has 0 aromatic carbocycles. The van der Waals surface area contributed by atoms with Gasteiger partial charge < -0.3 is 21.1 Å². The molecule has 2 rings (SSSR count). The highest BCUT2D eigenvalue weighted by Gasteiger charge is 2.42. The predicted octanol–water partition coefficient (Wildman–Crippen LogP) is 0.211. The lowest BCUT2D eigenvalue weighted by molar-refractivity contribution is -0.121. The first-order valence-electron chi connectivity index (χ1n) is 7.27. The lowest BCUT2D eigenvalue weighted by Crippen LogP contribution is -2.36. The number of aliphatic hydroxyl groups excluding tert-OH is 1. The summed E-state index contributed by atoms with van der Waals surface area (Å²) in [6.07, 6.45) is 4.07. The van der Waals surface area contributed by atoms with Gasteiger partial charge in [0, 0.05) is 30.6 Å². The van der Waals surface area contributed by atoms with E-state index in [0.29, 0.717) is 24.6 Å². The number of nitrogens with one attached hydrogen (secondary N) is 3. The number of aliphatic hydroxyl groups is 1. The molecular formula is C13H23N3O3S. The highest BCUT2D eigenvalue weighted by molar-refractivity contribution is 8.00. The molecule has 2 saturated heterocycles. The van der Waals surface area contributed by atoms with Crippen molar-refractivity contribution in [3.8, 4) is 0 Å². The van der Waals surface area contributed by atoms with E-state index in [9.17, 15) is 9.59 Å². The number of fused-ring (bicyclic) bond motifs is 1. The van der Waals surface area contributed by atoms with Gasteiger partial charge in [0.15, 0.2) is 0 Å². The van der Waals surface area contributed by atoms with Crippen molar-refractivity contribution in [2.75, 3.05) is 18.9 Å². The lowest BCUT2D eigenvalue weighted by Gasteiger charge is -2.16. The highest BCUT2D eigenvalue weighted by atomic mass is 32.2. The van der Waals surface area contributed by atoms with E-state index in [1.807, 2.05) is 11.8 Å². The van der Waals surface area contributed by atoms with Crippen molar-refractivity contribution >= 4 is 23.7 Å². The topological polar surface area (TPSA) is 90.5 Å². The van der Waals surface area contributed by atoms with Crippen LogP contribution < -0.4 is 16.0 Å². The summed E-state index contributed by atoms with van der Waals surface area (Å²) in [5.41, 5.74) is 0. The molecule has 0 saturated carbocycles. The van der Waals surface area contributed by atoms with E-state index in [-0.39, 0.29) is 30.6 Å². The van der Waals surface area contributed by atoms with E-state index >= 15 is 0 Å². The molecule has 4 N–H and O–H groups in total. The fraction of sp³-hybridized carbons (Fsp3) is 0.846. The van der Waals surface area contributed by atoms with Gasteiger partial charge in [-0.15, -0.1) is 0 Å². The smallest absolute Gasteiger partial charge is 0.315 e. The fourth-order valence-electron chi connectivity index (χ4n) is 2.67. The SMILES string of the molecule is O=C(CCCCC1SC[C@@H]2NC(=O)N[C@H]12)NCCCO. The molecule has 1 unspecified atom stereocenters. The summed E-state index contributed by atoms with van der Waals surface area (Å²) in [6, 6.07) is 0.485. The zero-order valence-electron chi connectivity index (χ0n) is 11.6. The second kappa shape index (κ2) is 7.73. The van der Waals surface area contributed by atoms with Crippen LogP contribution >= 0.6 is 11.8 Å². The number of amides is 3. The summed E-state index contributed by atoms with van der Waals surface area (Å²) < 4.78 is 0. The lowest BCUT2D eigenvalue weighted by atomic mass is 10.0. The van der Waals surface area contributed by atoms with Crippen molar-refractivity contribution in [3.63, 3.8) is 0 Å². The number of rotatable bonds is 8. The van der Waals surface area contributed by atoms with Gasteiger partial charge in [-0.1, -0.05) is 6.42 Å². The van der Waals surface area contributed by atoms with Crippen molar-refractivity contribution in [2.24, 2.45) is 0 Å². The Hall–Kier alpha value is -0.950. The molecule has 2 fully saturated rings. The van der Waals surface area contributed by atoms with Crippen LogP contribution in [0.15, 0.2) is 0 Å². The van der Waals surface area contributed by atoms with Gasteiger partial charge in [0.1, 0.15) is 0 Å². The maximum absolute atomic E-state index is 11.5. The van der Waals surface area contributed by atoms with Crippen molar-refractivity contribution in [3.05, 3.63) is 0 Å². The maximum atomic E-state index is 11.5. The van der Waals surface area contributed by atoms with Crippen LogP contribution in [0, 0.1) is 0 Å². The van der Waals surface area contributed by atoms with E-state index < -0.39 is 0 Å². The Morgan fingerprint density at radius 2 is 2.20 bits per heavy atom. The summed E-state index contributed by atoms with van der Waals surface area (Å²) in [5, 5.41) is 17.8. The zero-order valence-corrected chi connectivity index (χ0v) is 12.4. The first-order valence-corrected chi connectivity index (χ1v) is 8.32. The summed E-state index contributed by atoms with van der Waals surface area (Å²) in [4.78, 5) is 22.7. The number of urea groups is 1. The Bertz CT molecular complexity index is 354. The van der Waals surface area contributed by atoms with Crippen LogP contribution in [0.25, 0.3) is 0 Å². The van der Waals surface area contributed by atoms with E-state index in [1.54, 1.807) is 0 Å². The van der Waals surface area contributed by atoms with Crippen molar-refractivity contribution in [2.45, 2.75) is 49.4 Å². The summed E-state index contributed by atoms with van der Waals surface area (Å²) in [5.74, 6) is 1.04. The molecule has 6 nitrogen and oxygen atoms in total. The fourth-order valence-corrected chi connectivity index (χ4v) is 4.21. The van der Waals surface area contributed by atoms with Gasteiger partial charge in [-0.25, -0.2) is 4.79 Å². The van der Waals surface area contributed by atoms with Gasteiger partial charge in [0.05, 0.1) is 12.1 Å². The van der Waals surface area contributed by atoms with Gasteiger partial charge >= 0.3 is 6.03 Å². The Kier molecular flexibility index (Phi) is 5.97. The average Bonchev–Trinajstić information content (AvgIpc) is 2.95. The first kappa shape index (κ1) is 15.4. The van der Waals surface area contributed by atoms with Gasteiger partial charge in [-0.2, -0.15) is 11.8 Å². The van der Waals surface area contributed by atoms with Crippen LogP contribution in [0.4, 0.5) is 4.79 Å². The Morgan fingerprint density at radius 3 is 3.00 bits per heavy atom. The summed E-state index contributed by atoms with van der Waals surface area (Å²) >= 11 is 1.91. The highest BCUT2D eigenvalue weighted by Crippen LogP contribution is 2.33. The predicted molar refractivity (Wildman–Crippen MR) is 78.7 cm³/mol. The Balaban J connectivity index is 1.55. The second-order valence-corrected chi connectivity index (χ2v) is 6.57. The molecule has 0 aromatic rings. The monoisotopic (exact) mass is 301 g/mol. The molecule has 0 aromatic heterocycles.